The summed E-state index contributed by atoms with van der Waals surface area (Å²) in [6, 6.07) is -0.107. The number of hydrogen-bond donors (Lipinski definition) is 1. The highest BCUT2D eigenvalue weighted by Gasteiger charge is 2.69. The highest BCUT2D eigenvalue weighted by atomic mass is 16.7. The molecule has 1 spiro atoms. The molecule has 2 heterocycles. The Hall–Kier alpha value is -1.34. The van der Waals surface area contributed by atoms with E-state index in [2.05, 4.69) is 27.7 Å². The van der Waals surface area contributed by atoms with E-state index in [9.17, 15) is 9.59 Å². The van der Waals surface area contributed by atoms with Crippen LogP contribution in [0.4, 0.5) is 4.79 Å². The van der Waals surface area contributed by atoms with Crippen molar-refractivity contribution >= 4 is 12.0 Å². The quantitative estimate of drug-likeness (QED) is 0.288. The summed E-state index contributed by atoms with van der Waals surface area (Å²) >= 11 is 0. The first-order valence-electron chi connectivity index (χ1n) is 20.1. The fourth-order valence-electron chi connectivity index (χ4n) is 12.8. The van der Waals surface area contributed by atoms with Gasteiger partial charge in [-0.15, -0.1) is 0 Å². The number of carbonyl (C=O) groups excluding carboxylic acids is 2. The van der Waals surface area contributed by atoms with E-state index in [1.807, 2.05) is 0 Å². The Morgan fingerprint density at radius 3 is 2.36 bits per heavy atom. The van der Waals surface area contributed by atoms with E-state index < -0.39 is 0 Å². The van der Waals surface area contributed by atoms with Gasteiger partial charge in [-0.05, 0) is 124 Å². The van der Waals surface area contributed by atoms with Gasteiger partial charge in [-0.25, -0.2) is 4.79 Å². The van der Waals surface area contributed by atoms with Crippen LogP contribution in [0.1, 0.15) is 152 Å². The van der Waals surface area contributed by atoms with Gasteiger partial charge in [0.05, 0.1) is 19.3 Å². The van der Waals surface area contributed by atoms with Gasteiger partial charge >= 0.3 is 12.0 Å². The smallest absolute Gasteiger partial charge is 0.315 e. The van der Waals surface area contributed by atoms with Crippen molar-refractivity contribution in [2.75, 3.05) is 19.8 Å². The van der Waals surface area contributed by atoms with Crippen molar-refractivity contribution in [1.82, 2.24) is 4.90 Å². The molecular formula is C40H70N2O5. The van der Waals surface area contributed by atoms with E-state index in [1.165, 1.54) is 70.6 Å². The Labute approximate surface area is 287 Å². The molecule has 0 bridgehead atoms. The van der Waals surface area contributed by atoms with E-state index in [1.54, 1.807) is 11.8 Å². The molecule has 2 amide bonds. The molecule has 7 fully saturated rings. The van der Waals surface area contributed by atoms with Crippen LogP contribution < -0.4 is 5.73 Å². The molecule has 2 aliphatic heterocycles. The van der Waals surface area contributed by atoms with Crippen LogP contribution >= 0.6 is 0 Å². The first kappa shape index (κ1) is 35.5. The summed E-state index contributed by atoms with van der Waals surface area (Å²) < 4.78 is 18.3. The fourth-order valence-corrected chi connectivity index (χ4v) is 12.8. The highest BCUT2D eigenvalue weighted by Crippen LogP contribution is 2.71. The second kappa shape index (κ2) is 14.5. The molecule has 5 saturated carbocycles. The Bertz CT molecular complexity index is 1090. The zero-order valence-corrected chi connectivity index (χ0v) is 30.6. The first-order chi connectivity index (χ1) is 22.5. The van der Waals surface area contributed by atoms with Gasteiger partial charge in [-0.1, -0.05) is 59.8 Å². The van der Waals surface area contributed by atoms with Crippen LogP contribution in [0, 0.1) is 52.3 Å². The zero-order valence-electron chi connectivity index (χ0n) is 30.6. The molecule has 7 nitrogen and oxygen atoms in total. The van der Waals surface area contributed by atoms with Crippen molar-refractivity contribution in [1.29, 1.82) is 0 Å². The number of nitrogens with zero attached hydrogens (tertiary/aromatic N) is 1. The minimum atomic E-state index is -0.370. The third-order valence-corrected chi connectivity index (χ3v) is 15.2. The molecule has 7 aliphatic rings. The molecule has 0 aromatic heterocycles. The zero-order chi connectivity index (χ0) is 33.4. The summed E-state index contributed by atoms with van der Waals surface area (Å²) in [5.41, 5.74) is 6.55. The molecule has 0 aromatic carbocycles. The number of hydrogen-bond acceptors (Lipinski definition) is 5. The van der Waals surface area contributed by atoms with Crippen LogP contribution in [0.25, 0.3) is 0 Å². The molecule has 0 aromatic rings. The summed E-state index contributed by atoms with van der Waals surface area (Å²) in [4.78, 5) is 24.4. The Kier molecular flexibility index (Phi) is 10.9. The normalized spacial score (nSPS) is 44.3. The molecule has 0 unspecified atom stereocenters. The Morgan fingerprint density at radius 1 is 0.894 bits per heavy atom. The van der Waals surface area contributed by atoms with Crippen molar-refractivity contribution < 1.29 is 25.2 Å². The summed E-state index contributed by atoms with van der Waals surface area (Å²) in [5.74, 6) is 5.42. The van der Waals surface area contributed by atoms with Gasteiger partial charge in [0.2, 0.25) is 0 Å². The Morgan fingerprint density at radius 2 is 1.66 bits per heavy atom. The lowest BCUT2D eigenvalue weighted by atomic mass is 9.44. The maximum atomic E-state index is 11.4. The molecular weight excluding hydrogens is 588 g/mol. The number of primary amides is 1. The lowest BCUT2D eigenvalue weighted by molar-refractivity contribution is -0.273. The second-order valence-electron chi connectivity index (χ2n) is 17.7. The van der Waals surface area contributed by atoms with Crippen LogP contribution in [0.15, 0.2) is 0 Å². The number of urea groups is 1. The summed E-state index contributed by atoms with van der Waals surface area (Å²) in [6.45, 7) is 13.8. The van der Waals surface area contributed by atoms with Gasteiger partial charge in [-0.2, -0.15) is 0 Å². The summed E-state index contributed by atoms with van der Waals surface area (Å²) in [7, 11) is 0. The molecule has 47 heavy (non-hydrogen) atoms. The molecule has 5 aliphatic carbocycles. The number of carbonyl (C=O) groups is 2. The van der Waals surface area contributed by atoms with Crippen molar-refractivity contribution in [3.05, 3.63) is 0 Å². The van der Waals surface area contributed by atoms with Gasteiger partial charge < -0.3 is 24.8 Å². The van der Waals surface area contributed by atoms with E-state index >= 15 is 0 Å². The van der Waals surface area contributed by atoms with Gasteiger partial charge in [-0.3, -0.25) is 4.79 Å². The summed E-state index contributed by atoms with van der Waals surface area (Å²) in [5, 5.41) is 0. The van der Waals surface area contributed by atoms with Crippen molar-refractivity contribution in [2.24, 2.45) is 58.0 Å². The maximum Gasteiger partial charge on any atom is 0.315 e. The molecule has 2 saturated heterocycles. The van der Waals surface area contributed by atoms with Crippen molar-refractivity contribution in [3.63, 3.8) is 0 Å². The number of fused-ring (bicyclic) bond motifs is 7. The molecule has 7 rings (SSSR count). The van der Waals surface area contributed by atoms with E-state index in [4.69, 9.17) is 19.9 Å². The second-order valence-corrected chi connectivity index (χ2v) is 17.7. The standard InChI is InChI=1S/C27H44O2.C13H24N2O3.H2/c1-17-10-14-27(28-16-17)18(2)24-23(29-27)15-22-20-9-8-19-7-5-6-12-25(19,3)21(20)11-13-26(22,24)4;1-2-18-12(16)9-6-10-15(13(14)17)11-7-4-3-5-8-11;/h17-24H,5-16H2,1-4H3;11H,2-10H2,1H3,(H2,14,17);1H/t17-,18-,19-,20+,21-,22-,23-,24-,25-,26-,27+;;/m0../s1. The first-order valence-corrected chi connectivity index (χ1v) is 20.1. The van der Waals surface area contributed by atoms with Crippen LogP contribution in [-0.4, -0.2) is 54.6 Å². The van der Waals surface area contributed by atoms with Gasteiger partial charge in [0.15, 0.2) is 5.79 Å². The largest absolute Gasteiger partial charge is 0.466 e. The van der Waals surface area contributed by atoms with E-state index in [-0.39, 0.29) is 25.3 Å². The van der Waals surface area contributed by atoms with Crippen LogP contribution in [-0.2, 0) is 19.0 Å². The highest BCUT2D eigenvalue weighted by molar-refractivity contribution is 5.72. The van der Waals surface area contributed by atoms with Gasteiger partial charge in [0.1, 0.15) is 0 Å². The minimum absolute atomic E-state index is 0. The predicted octanol–water partition coefficient (Wildman–Crippen LogP) is 9.11. The average Bonchev–Trinajstić information content (AvgIpc) is 3.50. The molecule has 11 atom stereocenters. The lowest BCUT2D eigenvalue weighted by Crippen LogP contribution is -2.54. The monoisotopic (exact) mass is 659 g/mol. The Balaban J connectivity index is 0.000000207. The lowest BCUT2D eigenvalue weighted by Gasteiger charge is -2.61. The van der Waals surface area contributed by atoms with Crippen molar-refractivity contribution in [3.8, 4) is 0 Å². The number of esters is 1. The number of ether oxygens (including phenoxy) is 3. The van der Waals surface area contributed by atoms with Crippen LogP contribution in [0.5, 0.6) is 0 Å². The van der Waals surface area contributed by atoms with Crippen LogP contribution in [0.3, 0.4) is 0 Å². The van der Waals surface area contributed by atoms with Crippen LogP contribution in [0.2, 0.25) is 0 Å². The van der Waals surface area contributed by atoms with E-state index in [0.717, 1.165) is 68.3 Å². The maximum absolute atomic E-state index is 11.4. The number of rotatable bonds is 6. The SMILES string of the molecule is CCOC(=O)CCCN(C(N)=O)C1CCCCC1.C[C@H]1CC[C@@]2(OC1)O[C@H]1C[C@H]3[C@@H]4CC[C@@H]5CCCC[C@]5(C)[C@H]4CC[C@]3(C)[C@H]1[C@@H]2C.[HH]. The third-order valence-electron chi connectivity index (χ3n) is 15.2. The average molecular weight is 659 g/mol. The van der Waals surface area contributed by atoms with Gasteiger partial charge in [0, 0.05) is 32.8 Å². The van der Waals surface area contributed by atoms with E-state index in [0.29, 0.717) is 54.8 Å². The molecule has 0 radical (unpaired) electrons. The number of amides is 2. The topological polar surface area (TPSA) is 91.1 Å². The van der Waals surface area contributed by atoms with Crippen molar-refractivity contribution in [2.45, 2.75) is 168 Å². The predicted molar refractivity (Wildman–Crippen MR) is 187 cm³/mol. The minimum Gasteiger partial charge on any atom is -0.466 e. The fraction of sp³-hybridized carbons (Fsp3) is 0.950. The molecule has 7 heteroatoms. The third kappa shape index (κ3) is 6.76. The van der Waals surface area contributed by atoms with Gasteiger partial charge in [0.25, 0.3) is 0 Å². The molecule has 270 valence electrons. The molecule has 2 N–H and O–H groups in total. The summed E-state index contributed by atoms with van der Waals surface area (Å²) in [6.07, 6.45) is 22.8. The number of nitrogens with two attached hydrogens (primary N) is 1.